The third-order valence-corrected chi connectivity index (χ3v) is 7.45. The molecule has 3 N–H and O–H groups in total. The predicted octanol–water partition coefficient (Wildman–Crippen LogP) is 2.11. The van der Waals surface area contributed by atoms with Crippen LogP contribution in [0.5, 0.6) is 0 Å². The number of carbonyl (C=O) groups is 1. The number of carboxylic acid groups (broad SMARTS) is 1. The Bertz CT molecular complexity index is 825. The van der Waals surface area contributed by atoms with Crippen LogP contribution in [0.25, 0.3) is 0 Å². The molecule has 5 atom stereocenters. The standard InChI is InChI=1S/C22H31NO6S/c24-19(22(25)26)10-6-2-5-9-17-18(21-12-11-20(17)29-21)15-23-30(27,28)14-13-16-7-3-1-4-8-16/h1-5,7-8,17-21,23-24H,6,9-15H2,(H,25,26)/b5-2-/t17?,18-,19+,20+,21-/m0/s1. The summed E-state index contributed by atoms with van der Waals surface area (Å²) in [6, 6.07) is 9.58. The van der Waals surface area contributed by atoms with Gasteiger partial charge in [-0.3, -0.25) is 0 Å². The van der Waals surface area contributed by atoms with Gasteiger partial charge in [-0.1, -0.05) is 42.5 Å². The Morgan fingerprint density at radius 3 is 2.57 bits per heavy atom. The summed E-state index contributed by atoms with van der Waals surface area (Å²) in [6.45, 7) is 0.383. The van der Waals surface area contributed by atoms with Crippen molar-refractivity contribution in [2.24, 2.45) is 11.8 Å². The Morgan fingerprint density at radius 1 is 1.17 bits per heavy atom. The van der Waals surface area contributed by atoms with Gasteiger partial charge in [0.25, 0.3) is 0 Å². The maximum Gasteiger partial charge on any atom is 0.332 e. The van der Waals surface area contributed by atoms with E-state index < -0.39 is 22.1 Å². The van der Waals surface area contributed by atoms with Gasteiger partial charge in [-0.05, 0) is 50.0 Å². The van der Waals surface area contributed by atoms with E-state index in [1.54, 1.807) is 0 Å². The molecule has 0 aliphatic carbocycles. The molecule has 0 amide bonds. The molecule has 0 spiro atoms. The third kappa shape index (κ3) is 6.38. The predicted molar refractivity (Wildman–Crippen MR) is 113 cm³/mol. The topological polar surface area (TPSA) is 113 Å². The number of aliphatic hydroxyl groups is 1. The number of aliphatic hydroxyl groups excluding tert-OH is 1. The van der Waals surface area contributed by atoms with E-state index in [4.69, 9.17) is 9.84 Å². The van der Waals surface area contributed by atoms with Crippen LogP contribution in [0.15, 0.2) is 42.5 Å². The first-order valence-corrected chi connectivity index (χ1v) is 12.2. The van der Waals surface area contributed by atoms with Gasteiger partial charge in [0.2, 0.25) is 10.0 Å². The molecule has 0 radical (unpaired) electrons. The fraction of sp³-hybridized carbons (Fsp3) is 0.591. The van der Waals surface area contributed by atoms with Crippen molar-refractivity contribution < 1.29 is 28.2 Å². The van der Waals surface area contributed by atoms with Crippen molar-refractivity contribution in [1.29, 1.82) is 0 Å². The van der Waals surface area contributed by atoms with E-state index in [-0.39, 0.29) is 36.2 Å². The average Bonchev–Trinajstić information content (AvgIpc) is 3.33. The van der Waals surface area contributed by atoms with Crippen LogP contribution in [-0.2, 0) is 26.0 Å². The zero-order valence-electron chi connectivity index (χ0n) is 17.0. The van der Waals surface area contributed by atoms with Crippen LogP contribution in [0.2, 0.25) is 0 Å². The highest BCUT2D eigenvalue weighted by molar-refractivity contribution is 7.89. The van der Waals surface area contributed by atoms with Crippen molar-refractivity contribution in [3.8, 4) is 0 Å². The average molecular weight is 438 g/mol. The van der Waals surface area contributed by atoms with Crippen molar-refractivity contribution in [2.75, 3.05) is 12.3 Å². The van der Waals surface area contributed by atoms with Gasteiger partial charge < -0.3 is 14.9 Å². The van der Waals surface area contributed by atoms with E-state index in [0.29, 0.717) is 19.4 Å². The summed E-state index contributed by atoms with van der Waals surface area (Å²) in [4.78, 5) is 10.6. The number of fused-ring (bicyclic) bond motifs is 2. The zero-order chi connectivity index (χ0) is 21.6. The molecule has 7 nitrogen and oxygen atoms in total. The number of carboxylic acids is 1. The molecule has 8 heteroatoms. The van der Waals surface area contributed by atoms with Gasteiger partial charge in [0, 0.05) is 12.5 Å². The summed E-state index contributed by atoms with van der Waals surface area (Å²) in [5.41, 5.74) is 1.00. The minimum atomic E-state index is -3.36. The molecular formula is C22H31NO6S. The van der Waals surface area contributed by atoms with E-state index in [0.717, 1.165) is 24.8 Å². The summed E-state index contributed by atoms with van der Waals surface area (Å²) in [6.07, 6.45) is 6.69. The molecule has 0 aromatic heterocycles. The molecule has 2 aliphatic heterocycles. The first kappa shape index (κ1) is 22.9. The Labute approximate surface area is 178 Å². The fourth-order valence-corrected chi connectivity index (χ4v) is 5.52. The lowest BCUT2D eigenvalue weighted by Gasteiger charge is -2.27. The Morgan fingerprint density at radius 2 is 1.87 bits per heavy atom. The number of hydrogen-bond acceptors (Lipinski definition) is 5. The van der Waals surface area contributed by atoms with Crippen molar-refractivity contribution in [3.63, 3.8) is 0 Å². The van der Waals surface area contributed by atoms with Gasteiger partial charge >= 0.3 is 5.97 Å². The summed E-state index contributed by atoms with van der Waals surface area (Å²) >= 11 is 0. The number of benzene rings is 1. The molecule has 2 bridgehead atoms. The van der Waals surface area contributed by atoms with Crippen LogP contribution in [0, 0.1) is 11.8 Å². The molecule has 2 fully saturated rings. The maximum absolute atomic E-state index is 12.5. The first-order valence-electron chi connectivity index (χ1n) is 10.6. The van der Waals surface area contributed by atoms with Gasteiger partial charge in [-0.15, -0.1) is 0 Å². The molecular weight excluding hydrogens is 406 g/mol. The van der Waals surface area contributed by atoms with Crippen LogP contribution in [-0.4, -0.2) is 55.2 Å². The van der Waals surface area contributed by atoms with E-state index in [9.17, 15) is 18.3 Å². The molecule has 30 heavy (non-hydrogen) atoms. The summed E-state index contributed by atoms with van der Waals surface area (Å²) in [5.74, 6) is -0.745. The van der Waals surface area contributed by atoms with E-state index >= 15 is 0 Å². The second-order valence-corrected chi connectivity index (χ2v) is 10.1. The highest BCUT2D eigenvalue weighted by Gasteiger charge is 2.48. The number of rotatable bonds is 12. The van der Waals surface area contributed by atoms with Crippen molar-refractivity contribution in [1.82, 2.24) is 4.72 Å². The molecule has 1 aromatic carbocycles. The number of nitrogens with one attached hydrogen (secondary N) is 1. The van der Waals surface area contributed by atoms with Crippen molar-refractivity contribution in [2.45, 2.75) is 56.8 Å². The quantitative estimate of drug-likeness (QED) is 0.432. The SMILES string of the molecule is O=C(O)[C@H](O)CC/C=C\CC1[C@H]2CC[C@H](O2)[C@H]1CNS(=O)(=O)CCc1ccccc1. The van der Waals surface area contributed by atoms with Crippen LogP contribution in [0.1, 0.15) is 37.7 Å². The van der Waals surface area contributed by atoms with E-state index in [1.807, 2.05) is 42.5 Å². The summed E-state index contributed by atoms with van der Waals surface area (Å²) < 4.78 is 33.7. The molecule has 2 aliphatic rings. The molecule has 3 rings (SSSR count). The summed E-state index contributed by atoms with van der Waals surface area (Å²) in [5, 5.41) is 18.0. The van der Waals surface area contributed by atoms with Crippen molar-refractivity contribution >= 4 is 16.0 Å². The number of sulfonamides is 1. The second kappa shape index (κ2) is 10.5. The lowest BCUT2D eigenvalue weighted by molar-refractivity contribution is -0.146. The first-order chi connectivity index (χ1) is 14.4. The van der Waals surface area contributed by atoms with Crippen LogP contribution >= 0.6 is 0 Å². The van der Waals surface area contributed by atoms with Crippen LogP contribution in [0.4, 0.5) is 0 Å². The molecule has 2 heterocycles. The third-order valence-electron chi connectivity index (χ3n) is 6.10. The van der Waals surface area contributed by atoms with Gasteiger partial charge in [0.15, 0.2) is 6.10 Å². The molecule has 1 aromatic rings. The Hall–Kier alpha value is -1.74. The number of ether oxygens (including phenoxy) is 1. The zero-order valence-corrected chi connectivity index (χ0v) is 17.8. The maximum atomic E-state index is 12.5. The number of hydrogen-bond donors (Lipinski definition) is 3. The number of aliphatic carboxylic acids is 1. The van der Waals surface area contributed by atoms with Crippen molar-refractivity contribution in [3.05, 3.63) is 48.0 Å². The normalized spacial score (nSPS) is 27.0. The lowest BCUT2D eigenvalue weighted by atomic mass is 9.77. The Balaban J connectivity index is 1.47. The van der Waals surface area contributed by atoms with Gasteiger partial charge in [0.05, 0.1) is 18.0 Å². The molecule has 2 saturated heterocycles. The monoisotopic (exact) mass is 437 g/mol. The van der Waals surface area contributed by atoms with Crippen LogP contribution < -0.4 is 4.72 Å². The highest BCUT2D eigenvalue weighted by atomic mass is 32.2. The molecule has 0 saturated carbocycles. The second-order valence-electron chi connectivity index (χ2n) is 8.16. The minimum Gasteiger partial charge on any atom is -0.479 e. The van der Waals surface area contributed by atoms with Crippen LogP contribution in [0.3, 0.4) is 0 Å². The minimum absolute atomic E-state index is 0.0646. The van der Waals surface area contributed by atoms with Gasteiger partial charge in [-0.2, -0.15) is 0 Å². The highest BCUT2D eigenvalue weighted by Crippen LogP contribution is 2.45. The summed E-state index contributed by atoms with van der Waals surface area (Å²) in [7, 11) is -3.36. The van der Waals surface area contributed by atoms with Gasteiger partial charge in [-0.25, -0.2) is 17.9 Å². The fourth-order valence-electron chi connectivity index (χ4n) is 4.42. The largest absolute Gasteiger partial charge is 0.479 e. The molecule has 1 unspecified atom stereocenters. The molecule has 166 valence electrons. The van der Waals surface area contributed by atoms with E-state index in [1.165, 1.54) is 0 Å². The Kier molecular flexibility index (Phi) is 8.05. The number of allylic oxidation sites excluding steroid dienone is 2. The lowest BCUT2D eigenvalue weighted by Crippen LogP contribution is -2.39. The van der Waals surface area contributed by atoms with Gasteiger partial charge in [0.1, 0.15) is 0 Å². The smallest absolute Gasteiger partial charge is 0.332 e. The van der Waals surface area contributed by atoms with E-state index in [2.05, 4.69) is 4.72 Å². The number of aryl methyl sites for hydroxylation is 1.